The van der Waals surface area contributed by atoms with Gasteiger partial charge in [-0.15, -0.1) is 0 Å². The minimum absolute atomic E-state index is 0.0832. The summed E-state index contributed by atoms with van der Waals surface area (Å²) in [6, 6.07) is 13.4. The first kappa shape index (κ1) is 23.7. The molecule has 7 heteroatoms. The highest BCUT2D eigenvalue weighted by Gasteiger charge is 2.11. The molecule has 7 nitrogen and oxygen atoms in total. The maximum atomic E-state index is 12.6. The van der Waals surface area contributed by atoms with Crippen LogP contribution in [0.15, 0.2) is 60.7 Å². The lowest BCUT2D eigenvalue weighted by Gasteiger charge is -2.13. The molecule has 0 spiro atoms. The number of rotatable bonds is 7. The maximum Gasteiger partial charge on any atom is 0.513 e. The van der Waals surface area contributed by atoms with Crippen molar-refractivity contribution < 1.29 is 23.9 Å². The molecule has 0 fully saturated rings. The van der Waals surface area contributed by atoms with E-state index in [2.05, 4.69) is 10.6 Å². The van der Waals surface area contributed by atoms with Crippen LogP contribution in [0.25, 0.3) is 0 Å². The van der Waals surface area contributed by atoms with Gasteiger partial charge in [-0.05, 0) is 54.3 Å². The predicted molar refractivity (Wildman–Crippen MR) is 119 cm³/mol. The zero-order valence-corrected chi connectivity index (χ0v) is 18.2. The van der Waals surface area contributed by atoms with Crippen LogP contribution in [0.3, 0.4) is 0 Å². The summed E-state index contributed by atoms with van der Waals surface area (Å²) in [4.78, 5) is 36.0. The van der Waals surface area contributed by atoms with Gasteiger partial charge in [-0.25, -0.2) is 4.79 Å². The normalized spacial score (nSPS) is 11.1. The summed E-state index contributed by atoms with van der Waals surface area (Å²) in [7, 11) is 0. The quantitative estimate of drug-likeness (QED) is 0.382. The van der Waals surface area contributed by atoms with Crippen molar-refractivity contribution in [1.29, 1.82) is 0 Å². The van der Waals surface area contributed by atoms with Crippen LogP contribution in [0.1, 0.15) is 43.6 Å². The molecule has 164 valence electrons. The predicted octanol–water partition coefficient (Wildman–Crippen LogP) is 4.69. The Morgan fingerprint density at radius 1 is 1.00 bits per heavy atom. The second kappa shape index (κ2) is 11.0. The Kier molecular flexibility index (Phi) is 8.37. The average Bonchev–Trinajstić information content (AvgIpc) is 2.71. The Bertz CT molecular complexity index is 943. The summed E-state index contributed by atoms with van der Waals surface area (Å²) in [5, 5.41) is 5.67. The number of para-hydroxylation sites is 1. The number of amides is 2. The van der Waals surface area contributed by atoms with Crippen LogP contribution in [-0.2, 0) is 16.1 Å². The third-order valence-corrected chi connectivity index (χ3v) is 4.03. The molecule has 0 saturated carbocycles. The number of hydrogen-bond acceptors (Lipinski definition) is 5. The molecule has 2 aromatic carbocycles. The molecule has 0 heterocycles. The van der Waals surface area contributed by atoms with Gasteiger partial charge in [0.2, 0.25) is 5.91 Å². The van der Waals surface area contributed by atoms with Gasteiger partial charge in [0, 0.05) is 17.8 Å². The van der Waals surface area contributed by atoms with Crippen LogP contribution in [-0.4, -0.2) is 24.6 Å². The zero-order valence-electron chi connectivity index (χ0n) is 18.2. The summed E-state index contributed by atoms with van der Waals surface area (Å²) in [5.74, 6) is -0.247. The van der Waals surface area contributed by atoms with Gasteiger partial charge in [0.25, 0.3) is 5.91 Å². The van der Waals surface area contributed by atoms with Crippen molar-refractivity contribution >= 4 is 23.7 Å². The molecule has 0 atom stereocenters. The molecule has 0 aliphatic heterocycles. The molecule has 2 amide bonds. The molecular weight excluding hydrogens is 396 g/mol. The van der Waals surface area contributed by atoms with Crippen LogP contribution in [0.5, 0.6) is 5.75 Å². The molecule has 0 unspecified atom stereocenters. The van der Waals surface area contributed by atoms with E-state index in [1.807, 2.05) is 39.0 Å². The zero-order chi connectivity index (χ0) is 22.9. The van der Waals surface area contributed by atoms with E-state index in [-0.39, 0.29) is 36.1 Å². The number of carbonyl (C=O) groups is 3. The first-order valence-corrected chi connectivity index (χ1v) is 9.99. The highest BCUT2D eigenvalue weighted by molar-refractivity contribution is 6.04. The average molecular weight is 424 g/mol. The summed E-state index contributed by atoms with van der Waals surface area (Å²) >= 11 is 0. The number of ether oxygens (including phenoxy) is 2. The lowest BCUT2D eigenvalue weighted by Crippen LogP contribution is -2.22. The van der Waals surface area contributed by atoms with E-state index in [1.165, 1.54) is 18.2 Å². The molecule has 0 aliphatic rings. The molecule has 31 heavy (non-hydrogen) atoms. The second-order valence-corrected chi connectivity index (χ2v) is 7.84. The van der Waals surface area contributed by atoms with Crippen molar-refractivity contribution in [2.45, 2.75) is 34.2 Å². The van der Waals surface area contributed by atoms with E-state index >= 15 is 0 Å². The number of nitrogens with one attached hydrogen (secondary N) is 2. The van der Waals surface area contributed by atoms with E-state index in [9.17, 15) is 14.4 Å². The fourth-order valence-electron chi connectivity index (χ4n) is 2.48. The molecule has 0 aliphatic carbocycles. The third kappa shape index (κ3) is 8.34. The van der Waals surface area contributed by atoms with Gasteiger partial charge >= 0.3 is 6.16 Å². The van der Waals surface area contributed by atoms with E-state index in [0.29, 0.717) is 11.3 Å². The topological polar surface area (TPSA) is 93.7 Å². The van der Waals surface area contributed by atoms with Crippen molar-refractivity contribution in [3.8, 4) is 5.75 Å². The van der Waals surface area contributed by atoms with Gasteiger partial charge in [0.05, 0.1) is 6.61 Å². The number of allylic oxidation sites excluding steroid dienone is 1. The fourth-order valence-corrected chi connectivity index (χ4v) is 2.48. The number of anilines is 1. The monoisotopic (exact) mass is 424 g/mol. The highest BCUT2D eigenvalue weighted by atomic mass is 16.7. The van der Waals surface area contributed by atoms with Gasteiger partial charge in [-0.1, -0.05) is 45.0 Å². The summed E-state index contributed by atoms with van der Waals surface area (Å²) in [6.07, 6.45) is 2.56. The Balaban J connectivity index is 2.00. The second-order valence-electron chi connectivity index (χ2n) is 7.84. The van der Waals surface area contributed by atoms with Gasteiger partial charge in [0.1, 0.15) is 5.75 Å². The summed E-state index contributed by atoms with van der Waals surface area (Å²) in [5.41, 5.74) is 1.68. The van der Waals surface area contributed by atoms with Crippen LogP contribution in [0, 0.1) is 5.41 Å². The van der Waals surface area contributed by atoms with Crippen molar-refractivity contribution in [1.82, 2.24) is 5.32 Å². The van der Waals surface area contributed by atoms with Crippen molar-refractivity contribution in [2.75, 3.05) is 11.9 Å². The Morgan fingerprint density at radius 3 is 2.32 bits per heavy atom. The van der Waals surface area contributed by atoms with E-state index < -0.39 is 6.16 Å². The van der Waals surface area contributed by atoms with E-state index in [0.717, 1.165) is 5.56 Å². The van der Waals surface area contributed by atoms with E-state index in [1.54, 1.807) is 31.2 Å². The third-order valence-electron chi connectivity index (χ3n) is 4.03. The smallest absolute Gasteiger partial charge is 0.434 e. The molecule has 0 aromatic heterocycles. The lowest BCUT2D eigenvalue weighted by atomic mass is 9.96. The Hall–Kier alpha value is -3.61. The molecule has 0 bridgehead atoms. The lowest BCUT2D eigenvalue weighted by molar-refractivity contribution is -0.116. The van der Waals surface area contributed by atoms with Gasteiger partial charge in [-0.2, -0.15) is 0 Å². The molecular formula is C24H28N2O5. The van der Waals surface area contributed by atoms with Gasteiger partial charge < -0.3 is 20.1 Å². The molecule has 0 saturated heterocycles. The van der Waals surface area contributed by atoms with Crippen LogP contribution < -0.4 is 15.4 Å². The van der Waals surface area contributed by atoms with Gasteiger partial charge in [-0.3, -0.25) is 9.59 Å². The first-order valence-electron chi connectivity index (χ1n) is 9.99. The van der Waals surface area contributed by atoms with E-state index in [4.69, 9.17) is 9.47 Å². The molecule has 0 radical (unpaired) electrons. The largest absolute Gasteiger partial charge is 0.513 e. The van der Waals surface area contributed by atoms with Gasteiger partial charge in [0.15, 0.2) is 0 Å². The fraction of sp³-hybridized carbons (Fsp3) is 0.292. The van der Waals surface area contributed by atoms with Crippen molar-refractivity contribution in [3.05, 3.63) is 71.8 Å². The Morgan fingerprint density at radius 2 is 1.68 bits per heavy atom. The molecule has 2 N–H and O–H groups in total. The van der Waals surface area contributed by atoms with Crippen LogP contribution >= 0.6 is 0 Å². The Labute approximate surface area is 182 Å². The van der Waals surface area contributed by atoms with Crippen LogP contribution in [0.4, 0.5) is 10.5 Å². The molecule has 2 rings (SSSR count). The first-order chi connectivity index (χ1) is 14.7. The number of carbonyl (C=O) groups excluding carboxylic acids is 3. The van der Waals surface area contributed by atoms with Crippen molar-refractivity contribution in [2.24, 2.45) is 5.41 Å². The number of benzene rings is 2. The maximum absolute atomic E-state index is 12.6. The van der Waals surface area contributed by atoms with Crippen molar-refractivity contribution in [3.63, 3.8) is 0 Å². The summed E-state index contributed by atoms with van der Waals surface area (Å²) in [6.45, 7) is 8.20. The SMILES string of the molecule is CCOC(=O)Oc1ccc(C(=O)Nc2ccccc2CNC(=O)/C=C/C(C)(C)C)cc1. The minimum atomic E-state index is -0.798. The van der Waals surface area contributed by atoms with Crippen LogP contribution in [0.2, 0.25) is 0 Å². The minimum Gasteiger partial charge on any atom is -0.434 e. The number of hydrogen-bond donors (Lipinski definition) is 2. The molecule has 2 aromatic rings. The highest BCUT2D eigenvalue weighted by Crippen LogP contribution is 2.18. The standard InChI is InChI=1S/C24H28N2O5/c1-5-30-23(29)31-19-12-10-17(11-13-19)22(28)26-20-9-7-6-8-18(20)16-25-21(27)14-15-24(2,3)4/h6-15H,5,16H2,1-4H3,(H,25,27)(H,26,28)/b15-14+. The summed E-state index contributed by atoms with van der Waals surface area (Å²) < 4.78 is 9.70.